The second-order valence-electron chi connectivity index (χ2n) is 5.45. The van der Waals surface area contributed by atoms with Crippen molar-refractivity contribution in [1.82, 2.24) is 0 Å². The van der Waals surface area contributed by atoms with Gasteiger partial charge in [0.1, 0.15) is 13.2 Å². The molecule has 0 bridgehead atoms. The number of rotatable bonds is 8. The van der Waals surface area contributed by atoms with Crippen molar-refractivity contribution in [2.75, 3.05) is 26.4 Å². The van der Waals surface area contributed by atoms with Crippen LogP contribution in [0.4, 0.5) is 0 Å². The fourth-order valence-electron chi connectivity index (χ4n) is 2.04. The van der Waals surface area contributed by atoms with Crippen molar-refractivity contribution in [2.24, 2.45) is 0 Å². The molecule has 4 N–H and O–H groups in total. The first kappa shape index (κ1) is 24.3. The lowest BCUT2D eigenvalue weighted by atomic mass is 10.1. The number of esters is 2. The monoisotopic (exact) mass is 420 g/mol. The second-order valence-corrected chi connectivity index (χ2v) is 5.45. The molecule has 10 nitrogen and oxygen atoms in total. The van der Waals surface area contributed by atoms with E-state index in [0.29, 0.717) is 0 Å². The van der Waals surface area contributed by atoms with Crippen LogP contribution in [0.15, 0.2) is 48.5 Å². The van der Waals surface area contributed by atoms with Crippen molar-refractivity contribution in [3.05, 3.63) is 70.8 Å². The third kappa shape index (κ3) is 7.70. The Balaban J connectivity index is 0.000000325. The third-order valence-corrected chi connectivity index (χ3v) is 3.39. The lowest BCUT2D eigenvalue weighted by Gasteiger charge is -2.05. The van der Waals surface area contributed by atoms with Gasteiger partial charge in [-0.05, 0) is 36.4 Å². The Morgan fingerprint density at radius 3 is 1.23 bits per heavy atom. The van der Waals surface area contributed by atoms with Crippen molar-refractivity contribution >= 4 is 23.9 Å². The van der Waals surface area contributed by atoms with Gasteiger partial charge in [0, 0.05) is 0 Å². The zero-order valence-corrected chi connectivity index (χ0v) is 15.7. The van der Waals surface area contributed by atoms with Crippen LogP contribution in [0.25, 0.3) is 0 Å². The Hall–Kier alpha value is -3.76. The van der Waals surface area contributed by atoms with E-state index in [2.05, 4.69) is 0 Å². The molecule has 0 unspecified atom stereocenters. The minimum absolute atomic E-state index is 0.0703. The minimum Gasteiger partial charge on any atom is -0.478 e. The average molecular weight is 420 g/mol. The molecule has 0 saturated carbocycles. The number of benzene rings is 2. The Bertz CT molecular complexity index is 801. The first-order valence-electron chi connectivity index (χ1n) is 8.53. The summed E-state index contributed by atoms with van der Waals surface area (Å²) in [6.45, 7) is -0.618. The third-order valence-electron chi connectivity index (χ3n) is 3.39. The SMILES string of the molecule is O=C(O)c1ccccc1C(=O)O.O=C(OCCO)c1ccc(C(=O)OCCO)cc1. The Morgan fingerprint density at radius 1 is 0.633 bits per heavy atom. The number of carbonyl (C=O) groups is 4. The quantitative estimate of drug-likeness (QED) is 0.453. The number of aliphatic hydroxyl groups is 2. The normalized spacial score (nSPS) is 9.67. The van der Waals surface area contributed by atoms with Gasteiger partial charge in [0.25, 0.3) is 0 Å². The van der Waals surface area contributed by atoms with E-state index < -0.39 is 23.9 Å². The fourth-order valence-corrected chi connectivity index (χ4v) is 2.04. The van der Waals surface area contributed by atoms with Crippen molar-refractivity contribution < 1.29 is 49.1 Å². The molecule has 0 fully saturated rings. The van der Waals surface area contributed by atoms with Gasteiger partial charge in [0.15, 0.2) is 0 Å². The highest BCUT2D eigenvalue weighted by Crippen LogP contribution is 2.08. The molecule has 30 heavy (non-hydrogen) atoms. The molecule has 0 aliphatic rings. The van der Waals surface area contributed by atoms with E-state index in [9.17, 15) is 19.2 Å². The molecule has 10 heteroatoms. The van der Waals surface area contributed by atoms with Gasteiger partial charge in [-0.3, -0.25) is 0 Å². The predicted octanol–water partition coefficient (Wildman–Crippen LogP) is 1.07. The zero-order valence-electron chi connectivity index (χ0n) is 15.7. The van der Waals surface area contributed by atoms with Gasteiger partial charge in [0.05, 0.1) is 35.5 Å². The van der Waals surface area contributed by atoms with E-state index in [0.717, 1.165) is 0 Å². The molecule has 0 heterocycles. The Kier molecular flexibility index (Phi) is 10.2. The molecule has 2 aromatic rings. The summed E-state index contributed by atoms with van der Waals surface area (Å²) in [6.07, 6.45) is 0. The molecule has 0 aliphatic carbocycles. The number of carboxylic acids is 2. The Morgan fingerprint density at radius 2 is 0.967 bits per heavy atom. The highest BCUT2D eigenvalue weighted by Gasteiger charge is 2.13. The number of aromatic carboxylic acids is 2. The number of hydrogen-bond donors (Lipinski definition) is 4. The maximum absolute atomic E-state index is 11.4. The van der Waals surface area contributed by atoms with Crippen LogP contribution in [0.3, 0.4) is 0 Å². The molecule has 0 radical (unpaired) electrons. The topological polar surface area (TPSA) is 168 Å². The van der Waals surface area contributed by atoms with Crippen molar-refractivity contribution in [1.29, 1.82) is 0 Å². The van der Waals surface area contributed by atoms with Crippen LogP contribution in [0.2, 0.25) is 0 Å². The van der Waals surface area contributed by atoms with E-state index in [1.54, 1.807) is 0 Å². The van der Waals surface area contributed by atoms with Crippen molar-refractivity contribution in [2.45, 2.75) is 0 Å². The van der Waals surface area contributed by atoms with Crippen LogP contribution in [0, 0.1) is 0 Å². The highest BCUT2D eigenvalue weighted by atomic mass is 16.5. The van der Waals surface area contributed by atoms with Gasteiger partial charge >= 0.3 is 23.9 Å². The highest BCUT2D eigenvalue weighted by molar-refractivity contribution is 6.01. The van der Waals surface area contributed by atoms with E-state index in [1.165, 1.54) is 48.5 Å². The van der Waals surface area contributed by atoms with Gasteiger partial charge in [-0.1, -0.05) is 12.1 Å². The summed E-state index contributed by atoms with van der Waals surface area (Å²) in [5.41, 5.74) is 0.180. The number of hydrogen-bond acceptors (Lipinski definition) is 8. The molecule has 0 spiro atoms. The lowest BCUT2D eigenvalue weighted by molar-refractivity contribution is 0.0422. The molecule has 0 atom stereocenters. The maximum atomic E-state index is 11.4. The summed E-state index contributed by atoms with van der Waals surface area (Å²) in [4.78, 5) is 43.7. The molecule has 0 aromatic heterocycles. The van der Waals surface area contributed by atoms with E-state index >= 15 is 0 Å². The summed E-state index contributed by atoms with van der Waals surface area (Å²) in [5.74, 6) is -3.60. The number of carboxylic acid groups (broad SMARTS) is 2. The first-order valence-corrected chi connectivity index (χ1v) is 8.53. The fraction of sp³-hybridized carbons (Fsp3) is 0.200. The standard InChI is InChI=1S/C12H14O6.C8H6O4/c13-5-7-17-11(15)9-1-2-10(4-3-9)12(16)18-8-6-14;9-7(10)5-3-1-2-4-6(5)8(11)12/h1-4,13-14H,5-8H2;1-4H,(H,9,10)(H,11,12). The van der Waals surface area contributed by atoms with Gasteiger partial charge in [-0.2, -0.15) is 0 Å². The number of aliphatic hydroxyl groups excluding tert-OH is 2. The van der Waals surface area contributed by atoms with E-state index in [1.807, 2.05) is 0 Å². The summed E-state index contributed by atoms with van der Waals surface area (Å²) >= 11 is 0. The summed E-state index contributed by atoms with van der Waals surface area (Å²) in [7, 11) is 0. The summed E-state index contributed by atoms with van der Waals surface area (Å²) in [6, 6.07) is 11.2. The second kappa shape index (κ2) is 12.6. The molecule has 160 valence electrons. The number of carbonyl (C=O) groups excluding carboxylic acids is 2. The first-order chi connectivity index (χ1) is 14.3. The van der Waals surface area contributed by atoms with Crippen LogP contribution in [0.5, 0.6) is 0 Å². The van der Waals surface area contributed by atoms with Crippen LogP contribution < -0.4 is 0 Å². The molecule has 0 amide bonds. The smallest absolute Gasteiger partial charge is 0.338 e. The van der Waals surface area contributed by atoms with Crippen LogP contribution in [0.1, 0.15) is 41.4 Å². The Labute approximate surface area is 170 Å². The summed E-state index contributed by atoms with van der Waals surface area (Å²) in [5, 5.41) is 34.1. The van der Waals surface area contributed by atoms with Crippen LogP contribution in [-0.4, -0.2) is 70.7 Å². The molecule has 0 saturated heterocycles. The maximum Gasteiger partial charge on any atom is 0.338 e. The van der Waals surface area contributed by atoms with Crippen LogP contribution >= 0.6 is 0 Å². The van der Waals surface area contributed by atoms with E-state index in [4.69, 9.17) is 29.9 Å². The largest absolute Gasteiger partial charge is 0.478 e. The lowest BCUT2D eigenvalue weighted by Crippen LogP contribution is -2.11. The van der Waals surface area contributed by atoms with Gasteiger partial charge < -0.3 is 29.9 Å². The summed E-state index contributed by atoms with van der Waals surface area (Å²) < 4.78 is 9.41. The molecule has 2 aromatic carbocycles. The minimum atomic E-state index is -1.23. The van der Waals surface area contributed by atoms with E-state index in [-0.39, 0.29) is 48.7 Å². The average Bonchev–Trinajstić information content (AvgIpc) is 2.76. The molecular formula is C20H20O10. The molecular weight excluding hydrogens is 400 g/mol. The van der Waals surface area contributed by atoms with Gasteiger partial charge in [-0.25, -0.2) is 19.2 Å². The van der Waals surface area contributed by atoms with Crippen LogP contribution in [-0.2, 0) is 9.47 Å². The van der Waals surface area contributed by atoms with Crippen molar-refractivity contribution in [3.8, 4) is 0 Å². The van der Waals surface area contributed by atoms with Gasteiger partial charge in [0.2, 0.25) is 0 Å². The molecule has 0 aliphatic heterocycles. The molecule has 2 rings (SSSR count). The van der Waals surface area contributed by atoms with Crippen molar-refractivity contribution in [3.63, 3.8) is 0 Å². The zero-order chi connectivity index (χ0) is 22.5. The van der Waals surface area contributed by atoms with Gasteiger partial charge in [-0.15, -0.1) is 0 Å². The predicted molar refractivity (Wildman–Crippen MR) is 102 cm³/mol. The number of ether oxygens (including phenoxy) is 2.